The lowest BCUT2D eigenvalue weighted by atomic mass is 10.0. The number of hydrogen-bond acceptors (Lipinski definition) is 3. The maximum atomic E-state index is 10.4. The van der Waals surface area contributed by atoms with Gasteiger partial charge in [-0.3, -0.25) is 0 Å². The molecule has 1 aromatic carbocycles. The summed E-state index contributed by atoms with van der Waals surface area (Å²) < 4.78 is 0. The standard InChI is InChI=1S/C16H19N3O/c20-16(13-8-4-1-2-5-9-13)15-12-17-19(18-15)14-10-6-3-7-11-14/h3,6-8,10-12,16,20H,1-2,4-5,9H2. The van der Waals surface area contributed by atoms with E-state index in [0.717, 1.165) is 30.5 Å². The number of rotatable bonds is 3. The Kier molecular flexibility index (Phi) is 3.92. The second-order valence-electron chi connectivity index (χ2n) is 5.18. The van der Waals surface area contributed by atoms with Gasteiger partial charge in [-0.15, -0.1) is 0 Å². The molecule has 1 aromatic heterocycles. The van der Waals surface area contributed by atoms with Gasteiger partial charge in [-0.25, -0.2) is 0 Å². The Morgan fingerprint density at radius 1 is 1.10 bits per heavy atom. The molecule has 1 unspecified atom stereocenters. The Hall–Kier alpha value is -1.94. The Morgan fingerprint density at radius 2 is 1.95 bits per heavy atom. The lowest BCUT2D eigenvalue weighted by Gasteiger charge is -2.11. The van der Waals surface area contributed by atoms with Gasteiger partial charge >= 0.3 is 0 Å². The molecule has 20 heavy (non-hydrogen) atoms. The quantitative estimate of drug-likeness (QED) is 0.871. The van der Waals surface area contributed by atoms with Crippen LogP contribution in [0, 0.1) is 0 Å². The molecule has 1 atom stereocenters. The number of allylic oxidation sites excluding steroid dienone is 1. The molecule has 1 aliphatic rings. The molecule has 4 heteroatoms. The van der Waals surface area contributed by atoms with Crippen LogP contribution in [0.4, 0.5) is 0 Å². The first-order valence-corrected chi connectivity index (χ1v) is 7.19. The molecule has 2 aromatic rings. The molecule has 104 valence electrons. The highest BCUT2D eigenvalue weighted by Crippen LogP contribution is 2.27. The monoisotopic (exact) mass is 269 g/mol. The molecular formula is C16H19N3O. The van der Waals surface area contributed by atoms with Gasteiger partial charge in [0.25, 0.3) is 0 Å². The van der Waals surface area contributed by atoms with Crippen molar-refractivity contribution in [2.45, 2.75) is 38.2 Å². The summed E-state index contributed by atoms with van der Waals surface area (Å²) in [6.07, 6.45) is 8.82. The number of aliphatic hydroxyl groups is 1. The molecule has 1 heterocycles. The largest absolute Gasteiger partial charge is 0.382 e. The number of aliphatic hydroxyl groups excluding tert-OH is 1. The number of hydrogen-bond donors (Lipinski definition) is 1. The Morgan fingerprint density at radius 3 is 2.80 bits per heavy atom. The van der Waals surface area contributed by atoms with Crippen LogP contribution in [0.1, 0.15) is 43.9 Å². The summed E-state index contributed by atoms with van der Waals surface area (Å²) in [6, 6.07) is 9.74. The van der Waals surface area contributed by atoms with Gasteiger partial charge in [0, 0.05) is 0 Å². The molecule has 0 saturated carbocycles. The average molecular weight is 269 g/mol. The van der Waals surface area contributed by atoms with Crippen LogP contribution < -0.4 is 0 Å². The first-order chi connectivity index (χ1) is 9.84. The van der Waals surface area contributed by atoms with E-state index in [0.29, 0.717) is 5.69 Å². The van der Waals surface area contributed by atoms with Crippen LogP contribution >= 0.6 is 0 Å². The fourth-order valence-corrected chi connectivity index (χ4v) is 2.56. The fraction of sp³-hybridized carbons (Fsp3) is 0.375. The number of nitrogens with zero attached hydrogens (tertiary/aromatic N) is 3. The van der Waals surface area contributed by atoms with Gasteiger partial charge in [-0.05, 0) is 43.4 Å². The summed E-state index contributed by atoms with van der Waals surface area (Å²) >= 11 is 0. The maximum Gasteiger partial charge on any atom is 0.120 e. The molecule has 1 N–H and O–H groups in total. The Bertz CT molecular complexity index is 589. The van der Waals surface area contributed by atoms with E-state index in [1.165, 1.54) is 12.8 Å². The molecule has 0 fully saturated rings. The minimum absolute atomic E-state index is 0.620. The van der Waals surface area contributed by atoms with Crippen molar-refractivity contribution >= 4 is 0 Å². The summed E-state index contributed by atoms with van der Waals surface area (Å²) in [4.78, 5) is 1.57. The smallest absolute Gasteiger partial charge is 0.120 e. The van der Waals surface area contributed by atoms with E-state index in [9.17, 15) is 5.11 Å². The molecule has 4 nitrogen and oxygen atoms in total. The zero-order valence-electron chi connectivity index (χ0n) is 11.4. The van der Waals surface area contributed by atoms with E-state index in [-0.39, 0.29) is 0 Å². The predicted molar refractivity (Wildman–Crippen MR) is 77.5 cm³/mol. The van der Waals surface area contributed by atoms with Crippen LogP contribution in [-0.2, 0) is 0 Å². The first-order valence-electron chi connectivity index (χ1n) is 7.19. The normalized spacial score (nSPS) is 17.4. The zero-order valence-corrected chi connectivity index (χ0v) is 11.4. The fourth-order valence-electron chi connectivity index (χ4n) is 2.56. The van der Waals surface area contributed by atoms with E-state index < -0.39 is 6.10 Å². The second-order valence-corrected chi connectivity index (χ2v) is 5.18. The first kappa shape index (κ1) is 13.1. The molecule has 0 radical (unpaired) electrons. The molecule has 1 aliphatic carbocycles. The summed E-state index contributed by atoms with van der Waals surface area (Å²) in [5.74, 6) is 0. The highest BCUT2D eigenvalue weighted by molar-refractivity contribution is 5.29. The van der Waals surface area contributed by atoms with Crippen LogP contribution in [0.25, 0.3) is 5.69 Å². The molecular weight excluding hydrogens is 250 g/mol. The Balaban J connectivity index is 1.81. The van der Waals surface area contributed by atoms with Crippen molar-refractivity contribution in [3.8, 4) is 5.69 Å². The van der Waals surface area contributed by atoms with E-state index in [4.69, 9.17) is 0 Å². The zero-order chi connectivity index (χ0) is 13.8. The van der Waals surface area contributed by atoms with Crippen LogP contribution in [-0.4, -0.2) is 20.1 Å². The average Bonchev–Trinajstić information content (AvgIpc) is 2.83. The van der Waals surface area contributed by atoms with Crippen molar-refractivity contribution in [2.75, 3.05) is 0 Å². The molecule has 0 bridgehead atoms. The Labute approximate surface area is 118 Å². The summed E-state index contributed by atoms with van der Waals surface area (Å²) in [5.41, 5.74) is 2.62. The number of aromatic nitrogens is 3. The summed E-state index contributed by atoms with van der Waals surface area (Å²) in [6.45, 7) is 0. The highest BCUT2D eigenvalue weighted by Gasteiger charge is 2.18. The second kappa shape index (κ2) is 6.01. The maximum absolute atomic E-state index is 10.4. The predicted octanol–water partition coefficient (Wildman–Crippen LogP) is 3.19. The van der Waals surface area contributed by atoms with Crippen molar-refractivity contribution in [1.82, 2.24) is 15.0 Å². The van der Waals surface area contributed by atoms with Gasteiger partial charge in [0.1, 0.15) is 11.8 Å². The van der Waals surface area contributed by atoms with Crippen molar-refractivity contribution in [2.24, 2.45) is 0 Å². The number of para-hydroxylation sites is 1. The van der Waals surface area contributed by atoms with Gasteiger partial charge in [0.2, 0.25) is 0 Å². The van der Waals surface area contributed by atoms with Crippen molar-refractivity contribution < 1.29 is 5.11 Å². The van der Waals surface area contributed by atoms with Crippen LogP contribution in [0.15, 0.2) is 48.2 Å². The van der Waals surface area contributed by atoms with Gasteiger partial charge in [0.05, 0.1) is 11.9 Å². The molecule has 0 amide bonds. The van der Waals surface area contributed by atoms with E-state index in [1.807, 2.05) is 30.3 Å². The van der Waals surface area contributed by atoms with Crippen molar-refractivity contribution in [3.05, 3.63) is 53.9 Å². The molecule has 3 rings (SSSR count). The van der Waals surface area contributed by atoms with Gasteiger partial charge in [-0.1, -0.05) is 30.7 Å². The third-order valence-corrected chi connectivity index (χ3v) is 3.70. The molecule has 0 saturated heterocycles. The lowest BCUT2D eigenvalue weighted by Crippen LogP contribution is -2.04. The van der Waals surface area contributed by atoms with Crippen LogP contribution in [0.2, 0.25) is 0 Å². The van der Waals surface area contributed by atoms with Gasteiger partial charge in [0.15, 0.2) is 0 Å². The van der Waals surface area contributed by atoms with E-state index in [2.05, 4.69) is 16.3 Å². The number of benzene rings is 1. The summed E-state index contributed by atoms with van der Waals surface area (Å²) in [5, 5.41) is 19.1. The summed E-state index contributed by atoms with van der Waals surface area (Å²) in [7, 11) is 0. The minimum atomic E-state index is -0.620. The van der Waals surface area contributed by atoms with Gasteiger partial charge in [-0.2, -0.15) is 15.0 Å². The minimum Gasteiger partial charge on any atom is -0.382 e. The van der Waals surface area contributed by atoms with Gasteiger partial charge < -0.3 is 5.11 Å². The third-order valence-electron chi connectivity index (χ3n) is 3.70. The van der Waals surface area contributed by atoms with E-state index >= 15 is 0 Å². The third kappa shape index (κ3) is 2.80. The SMILES string of the molecule is OC(C1=CCCCCC1)c1cnn(-c2ccccc2)n1. The highest BCUT2D eigenvalue weighted by atomic mass is 16.3. The van der Waals surface area contributed by atoms with Crippen LogP contribution in [0.5, 0.6) is 0 Å². The van der Waals surface area contributed by atoms with Crippen molar-refractivity contribution in [1.29, 1.82) is 0 Å². The topological polar surface area (TPSA) is 50.9 Å². The lowest BCUT2D eigenvalue weighted by molar-refractivity contribution is 0.205. The van der Waals surface area contributed by atoms with E-state index in [1.54, 1.807) is 11.0 Å². The molecule has 0 spiro atoms. The van der Waals surface area contributed by atoms with Crippen molar-refractivity contribution in [3.63, 3.8) is 0 Å². The van der Waals surface area contributed by atoms with Crippen LogP contribution in [0.3, 0.4) is 0 Å². The molecule has 0 aliphatic heterocycles.